The molecule has 0 N–H and O–H groups in total. The fraction of sp³-hybridized carbons (Fsp3) is 0.436. The molecule has 2 aliphatic heterocycles. The number of carbonyl (C=O) groups is 2. The molecule has 0 radical (unpaired) electrons. The molecule has 1 atom stereocenters. The molecule has 1 amide bonds. The highest BCUT2D eigenvalue weighted by Crippen LogP contribution is 2.45. The molecule has 2 fully saturated rings. The molecule has 2 aromatic carbocycles. The standard InChI is InChI=1S/C39H44ClN5O4S/c1-22-18-30-36(33(25-8-10-26(40)11-9-25)32(22)35(23(2)46)49-39(3,4)5)50-37(42-30)29-12-13-31-34(41-29)28(21-43(31)6)24-14-16-44(17-15-24)27-19-45(20-27)38(47)48-7/h8-13,18,21,24,27,35H,14-17,19-20H2,1-7H3/t35-/m1/s1. The first-order chi connectivity index (χ1) is 23.8. The first-order valence-electron chi connectivity index (χ1n) is 17.2. The minimum atomic E-state index is -0.737. The summed E-state index contributed by atoms with van der Waals surface area (Å²) in [6, 6.07) is 14.4. The Hall–Kier alpha value is -3.83. The molecule has 0 unspecified atom stereocenters. The highest BCUT2D eigenvalue weighted by Gasteiger charge is 2.37. The number of carbonyl (C=O) groups excluding carboxylic acids is 2. The minimum absolute atomic E-state index is 0.0484. The molecule has 2 saturated heterocycles. The molecule has 2 aliphatic rings. The van der Waals surface area contributed by atoms with Gasteiger partial charge in [0.05, 0.1) is 39.7 Å². The van der Waals surface area contributed by atoms with E-state index in [0.717, 1.165) is 93.2 Å². The van der Waals surface area contributed by atoms with Gasteiger partial charge >= 0.3 is 6.09 Å². The molecular weight excluding hydrogens is 670 g/mol. The van der Waals surface area contributed by atoms with Gasteiger partial charge in [-0.1, -0.05) is 23.7 Å². The lowest BCUT2D eigenvalue weighted by Gasteiger charge is -2.46. The summed E-state index contributed by atoms with van der Waals surface area (Å²) in [6.45, 7) is 13.0. The van der Waals surface area contributed by atoms with Gasteiger partial charge in [-0.3, -0.25) is 9.69 Å². The number of hydrogen-bond acceptors (Lipinski definition) is 8. The number of nitrogens with zero attached hydrogens (tertiary/aromatic N) is 5. The Kier molecular flexibility index (Phi) is 9.26. The zero-order chi connectivity index (χ0) is 35.5. The van der Waals surface area contributed by atoms with E-state index in [1.807, 2.05) is 52.0 Å². The molecule has 0 saturated carbocycles. The monoisotopic (exact) mass is 713 g/mol. The predicted octanol–water partition coefficient (Wildman–Crippen LogP) is 8.55. The van der Waals surface area contributed by atoms with E-state index in [1.54, 1.807) is 23.2 Å². The van der Waals surface area contributed by atoms with E-state index >= 15 is 0 Å². The fourth-order valence-electron chi connectivity index (χ4n) is 7.51. The maximum Gasteiger partial charge on any atom is 0.409 e. The number of aromatic nitrogens is 3. The Bertz CT molecular complexity index is 2090. The van der Waals surface area contributed by atoms with Gasteiger partial charge < -0.3 is 18.9 Å². The number of hydrogen-bond donors (Lipinski definition) is 0. The third-order valence-corrected chi connectivity index (χ3v) is 11.4. The average molecular weight is 714 g/mol. The number of piperidine rings is 1. The van der Waals surface area contributed by atoms with Crippen LogP contribution >= 0.6 is 22.9 Å². The Morgan fingerprint density at radius 3 is 2.38 bits per heavy atom. The van der Waals surface area contributed by atoms with Gasteiger partial charge in [0, 0.05) is 48.5 Å². The first kappa shape index (κ1) is 34.6. The van der Waals surface area contributed by atoms with Crippen LogP contribution in [0.2, 0.25) is 5.02 Å². The van der Waals surface area contributed by atoms with Crippen LogP contribution in [0.1, 0.15) is 69.2 Å². The van der Waals surface area contributed by atoms with Gasteiger partial charge in [0.25, 0.3) is 0 Å². The summed E-state index contributed by atoms with van der Waals surface area (Å²) in [4.78, 5) is 39.7. The number of thiazole rings is 1. The number of fused-ring (bicyclic) bond motifs is 2. The molecule has 3 aromatic heterocycles. The summed E-state index contributed by atoms with van der Waals surface area (Å²) in [6.07, 6.45) is 3.35. The van der Waals surface area contributed by atoms with Crippen LogP contribution in [0.4, 0.5) is 4.79 Å². The summed E-state index contributed by atoms with van der Waals surface area (Å²) in [5.74, 6) is 0.352. The van der Waals surface area contributed by atoms with Crippen molar-refractivity contribution in [2.75, 3.05) is 33.3 Å². The fourth-order valence-corrected chi connectivity index (χ4v) is 8.73. The van der Waals surface area contributed by atoms with E-state index in [0.29, 0.717) is 17.0 Å². The highest BCUT2D eigenvalue weighted by molar-refractivity contribution is 7.22. The molecule has 7 rings (SSSR count). The van der Waals surface area contributed by atoms with Gasteiger partial charge in [-0.15, -0.1) is 11.3 Å². The van der Waals surface area contributed by atoms with E-state index in [-0.39, 0.29) is 11.9 Å². The van der Waals surface area contributed by atoms with Crippen LogP contribution in [-0.2, 0) is 21.3 Å². The summed E-state index contributed by atoms with van der Waals surface area (Å²) in [7, 11) is 3.52. The molecule has 0 bridgehead atoms. The number of ether oxygens (including phenoxy) is 2. The maximum absolute atomic E-state index is 13.2. The summed E-state index contributed by atoms with van der Waals surface area (Å²) in [5.41, 5.74) is 8.27. The number of pyridine rings is 1. The molecule has 5 heterocycles. The normalized spacial score (nSPS) is 17.0. The van der Waals surface area contributed by atoms with Crippen molar-refractivity contribution in [1.29, 1.82) is 0 Å². The van der Waals surface area contributed by atoms with Crippen LogP contribution in [0, 0.1) is 6.92 Å². The quantitative estimate of drug-likeness (QED) is 0.167. The van der Waals surface area contributed by atoms with Crippen molar-refractivity contribution >= 4 is 56.1 Å². The zero-order valence-corrected chi connectivity index (χ0v) is 31.3. The maximum atomic E-state index is 13.2. The number of ketones is 1. The lowest BCUT2D eigenvalue weighted by molar-refractivity contribution is -0.138. The van der Waals surface area contributed by atoms with Crippen LogP contribution in [0.25, 0.3) is 43.1 Å². The SMILES string of the molecule is COC(=O)N1CC(N2CCC(c3cn(C)c4ccc(-c5nc6cc(C)c([C@H](OC(C)(C)C)C(C)=O)c(-c7ccc(Cl)cc7)c6s5)nc34)CC2)C1. The Balaban J connectivity index is 1.25. The van der Waals surface area contributed by atoms with E-state index < -0.39 is 11.7 Å². The number of benzene rings is 2. The first-order valence-corrected chi connectivity index (χ1v) is 18.4. The van der Waals surface area contributed by atoms with Gasteiger partial charge in [-0.2, -0.15) is 0 Å². The third-order valence-electron chi connectivity index (χ3n) is 10.0. The largest absolute Gasteiger partial charge is 0.453 e. The molecule has 9 nitrogen and oxygen atoms in total. The molecule has 262 valence electrons. The Labute approximate surface area is 302 Å². The van der Waals surface area contributed by atoms with E-state index in [1.165, 1.54) is 12.7 Å². The van der Waals surface area contributed by atoms with E-state index in [4.69, 9.17) is 31.0 Å². The molecule has 0 spiro atoms. The molecular formula is C39H44ClN5O4S. The van der Waals surface area contributed by atoms with Gasteiger partial charge in [0.2, 0.25) is 0 Å². The van der Waals surface area contributed by atoms with Gasteiger partial charge in [-0.25, -0.2) is 14.8 Å². The van der Waals surface area contributed by atoms with Crippen molar-refractivity contribution in [1.82, 2.24) is 24.3 Å². The topological polar surface area (TPSA) is 89.8 Å². The van der Waals surface area contributed by atoms with Crippen molar-refractivity contribution in [3.8, 4) is 21.8 Å². The van der Waals surface area contributed by atoms with Crippen LogP contribution in [0.3, 0.4) is 0 Å². The van der Waals surface area contributed by atoms with Crippen molar-refractivity contribution < 1.29 is 19.1 Å². The van der Waals surface area contributed by atoms with Crippen LogP contribution in [0.5, 0.6) is 0 Å². The van der Waals surface area contributed by atoms with Gasteiger partial charge in [0.15, 0.2) is 5.78 Å². The van der Waals surface area contributed by atoms with Crippen molar-refractivity contribution in [2.45, 2.75) is 71.1 Å². The predicted molar refractivity (Wildman–Crippen MR) is 200 cm³/mol. The number of rotatable bonds is 7. The molecule has 50 heavy (non-hydrogen) atoms. The Morgan fingerprint density at radius 1 is 1.04 bits per heavy atom. The number of amides is 1. The second kappa shape index (κ2) is 13.4. The van der Waals surface area contributed by atoms with Crippen molar-refractivity contribution in [2.24, 2.45) is 7.05 Å². The number of Topliss-reactive ketones (excluding diaryl/α,β-unsaturated/α-hetero) is 1. The Morgan fingerprint density at radius 2 is 1.74 bits per heavy atom. The van der Waals surface area contributed by atoms with Crippen molar-refractivity contribution in [3.63, 3.8) is 0 Å². The third kappa shape index (κ3) is 6.54. The van der Waals surface area contributed by atoms with Crippen LogP contribution < -0.4 is 0 Å². The van der Waals surface area contributed by atoms with Gasteiger partial charge in [0.1, 0.15) is 11.1 Å². The van der Waals surface area contributed by atoms with Crippen LogP contribution in [-0.4, -0.2) is 81.1 Å². The number of methoxy groups -OCH3 is 1. The van der Waals surface area contributed by atoms with E-state index in [9.17, 15) is 9.59 Å². The van der Waals surface area contributed by atoms with Crippen LogP contribution in [0.15, 0.2) is 48.7 Å². The van der Waals surface area contributed by atoms with E-state index in [2.05, 4.69) is 40.9 Å². The lowest BCUT2D eigenvalue weighted by atomic mass is 9.89. The number of halogens is 1. The summed E-state index contributed by atoms with van der Waals surface area (Å²) in [5, 5.41) is 1.47. The molecule has 11 heteroatoms. The zero-order valence-electron chi connectivity index (χ0n) is 29.7. The summed E-state index contributed by atoms with van der Waals surface area (Å²) < 4.78 is 14.5. The average Bonchev–Trinajstić information content (AvgIpc) is 3.63. The molecule has 0 aliphatic carbocycles. The smallest absolute Gasteiger partial charge is 0.409 e. The number of aryl methyl sites for hydroxylation is 2. The highest BCUT2D eigenvalue weighted by atomic mass is 35.5. The molecule has 5 aromatic rings. The number of likely N-dealkylation sites (tertiary alicyclic amines) is 2. The lowest BCUT2D eigenvalue weighted by Crippen LogP contribution is -2.62. The second-order valence-electron chi connectivity index (χ2n) is 14.7. The minimum Gasteiger partial charge on any atom is -0.453 e. The summed E-state index contributed by atoms with van der Waals surface area (Å²) >= 11 is 7.92. The van der Waals surface area contributed by atoms with Gasteiger partial charge in [-0.05, 0) is 113 Å². The second-order valence-corrected chi connectivity index (χ2v) is 16.1. The van der Waals surface area contributed by atoms with Crippen molar-refractivity contribution in [3.05, 3.63) is 70.4 Å².